The van der Waals surface area contributed by atoms with Crippen molar-refractivity contribution in [3.05, 3.63) is 79.9 Å². The van der Waals surface area contributed by atoms with Gasteiger partial charge < -0.3 is 10.4 Å². The van der Waals surface area contributed by atoms with Gasteiger partial charge in [-0.25, -0.2) is 9.78 Å². The number of aromatic nitrogens is 2. The standard InChI is InChI=1S/C21H13Cl2N3O4S/c22-14-7-6-12(8-15(14)23)24-16(27)9-26-18(11-4-2-1-3-5-11)25-19-17(20(26)28)13(10-31-19)21(29)30/h1-8,10H,9H2,(H,24,27)(H,29,30). The first-order chi connectivity index (χ1) is 14.8. The van der Waals surface area contributed by atoms with E-state index in [2.05, 4.69) is 10.3 Å². The summed E-state index contributed by atoms with van der Waals surface area (Å²) in [7, 11) is 0. The number of aromatic carboxylic acids is 1. The maximum Gasteiger partial charge on any atom is 0.337 e. The maximum atomic E-state index is 13.2. The molecule has 0 unspecified atom stereocenters. The SMILES string of the molecule is O=C(Cn1c(-c2ccccc2)nc2scc(C(=O)O)c2c1=O)Nc1ccc(Cl)c(Cl)c1. The van der Waals surface area contributed by atoms with Crippen LogP contribution in [0.3, 0.4) is 0 Å². The number of rotatable bonds is 5. The summed E-state index contributed by atoms with van der Waals surface area (Å²) in [5.41, 5.74) is 0.279. The van der Waals surface area contributed by atoms with E-state index >= 15 is 0 Å². The molecule has 0 aliphatic carbocycles. The van der Waals surface area contributed by atoms with Crippen molar-refractivity contribution in [2.24, 2.45) is 0 Å². The van der Waals surface area contributed by atoms with Gasteiger partial charge in [-0.2, -0.15) is 0 Å². The smallest absolute Gasteiger partial charge is 0.337 e. The molecule has 0 saturated heterocycles. The van der Waals surface area contributed by atoms with Crippen LogP contribution in [0.15, 0.2) is 58.7 Å². The minimum absolute atomic E-state index is 0.0282. The number of carbonyl (C=O) groups excluding carboxylic acids is 1. The predicted molar refractivity (Wildman–Crippen MR) is 121 cm³/mol. The van der Waals surface area contributed by atoms with Crippen LogP contribution in [0.2, 0.25) is 10.0 Å². The topological polar surface area (TPSA) is 101 Å². The van der Waals surface area contributed by atoms with Crippen LogP contribution in [0, 0.1) is 0 Å². The number of thiophene rings is 1. The number of carbonyl (C=O) groups is 2. The van der Waals surface area contributed by atoms with Crippen LogP contribution < -0.4 is 10.9 Å². The molecule has 0 atom stereocenters. The number of hydrogen-bond donors (Lipinski definition) is 2. The van der Waals surface area contributed by atoms with Gasteiger partial charge in [0.15, 0.2) is 0 Å². The Morgan fingerprint density at radius 2 is 1.84 bits per heavy atom. The number of nitrogens with zero attached hydrogens (tertiary/aromatic N) is 2. The van der Waals surface area contributed by atoms with Crippen LogP contribution in [0.4, 0.5) is 5.69 Å². The molecule has 7 nitrogen and oxygen atoms in total. The molecule has 0 aliphatic rings. The molecule has 2 heterocycles. The Labute approximate surface area is 189 Å². The lowest BCUT2D eigenvalue weighted by atomic mass is 10.2. The summed E-state index contributed by atoms with van der Waals surface area (Å²) >= 11 is 12.9. The molecule has 0 aliphatic heterocycles. The Bertz CT molecular complexity index is 1380. The summed E-state index contributed by atoms with van der Waals surface area (Å²) in [6, 6.07) is 13.5. The first-order valence-corrected chi connectivity index (χ1v) is 10.5. The summed E-state index contributed by atoms with van der Waals surface area (Å²) in [4.78, 5) is 42.3. The third-order valence-corrected chi connectivity index (χ3v) is 6.07. The fourth-order valence-corrected chi connectivity index (χ4v) is 4.25. The Morgan fingerprint density at radius 1 is 1.10 bits per heavy atom. The van der Waals surface area contributed by atoms with E-state index in [1.54, 1.807) is 36.4 Å². The van der Waals surface area contributed by atoms with E-state index in [4.69, 9.17) is 23.2 Å². The van der Waals surface area contributed by atoms with Crippen molar-refractivity contribution in [1.29, 1.82) is 0 Å². The van der Waals surface area contributed by atoms with Gasteiger partial charge in [-0.1, -0.05) is 53.5 Å². The largest absolute Gasteiger partial charge is 0.478 e. The average Bonchev–Trinajstić information content (AvgIpc) is 3.18. The summed E-state index contributed by atoms with van der Waals surface area (Å²) in [6.45, 7) is -0.374. The molecule has 31 heavy (non-hydrogen) atoms. The predicted octanol–water partition coefficient (Wildman–Crippen LogP) is 4.77. The number of carboxylic acids is 1. The highest BCUT2D eigenvalue weighted by atomic mass is 35.5. The van der Waals surface area contributed by atoms with Crippen LogP contribution >= 0.6 is 34.5 Å². The molecular weight excluding hydrogens is 461 g/mol. The Kier molecular flexibility index (Phi) is 5.77. The molecule has 0 saturated carbocycles. The van der Waals surface area contributed by atoms with Gasteiger partial charge in [0, 0.05) is 16.6 Å². The molecule has 0 bridgehead atoms. The maximum absolute atomic E-state index is 13.2. The minimum Gasteiger partial charge on any atom is -0.478 e. The van der Waals surface area contributed by atoms with Gasteiger partial charge in [0.1, 0.15) is 17.2 Å². The normalized spacial score (nSPS) is 10.9. The molecule has 0 fully saturated rings. The number of amides is 1. The zero-order valence-corrected chi connectivity index (χ0v) is 18.0. The van der Waals surface area contributed by atoms with Crippen LogP contribution in [0.5, 0.6) is 0 Å². The Hall–Kier alpha value is -3.20. The van der Waals surface area contributed by atoms with E-state index in [0.29, 0.717) is 21.1 Å². The van der Waals surface area contributed by atoms with Crippen LogP contribution in [-0.4, -0.2) is 26.5 Å². The van der Waals surface area contributed by atoms with Gasteiger partial charge in [0.2, 0.25) is 5.91 Å². The molecule has 2 N–H and O–H groups in total. The van der Waals surface area contributed by atoms with E-state index in [1.807, 2.05) is 6.07 Å². The van der Waals surface area contributed by atoms with E-state index < -0.39 is 17.4 Å². The van der Waals surface area contributed by atoms with Gasteiger partial charge in [-0.15, -0.1) is 11.3 Å². The number of carboxylic acid groups (broad SMARTS) is 1. The molecule has 1 amide bonds. The molecular formula is C21H13Cl2N3O4S. The third kappa shape index (κ3) is 4.18. The second-order valence-corrected chi connectivity index (χ2v) is 8.18. The first-order valence-electron chi connectivity index (χ1n) is 8.91. The van der Waals surface area contributed by atoms with Gasteiger partial charge in [0.25, 0.3) is 5.56 Å². The minimum atomic E-state index is -1.23. The molecule has 0 radical (unpaired) electrons. The highest BCUT2D eigenvalue weighted by Crippen LogP contribution is 2.27. The number of fused-ring (bicyclic) bond motifs is 1. The van der Waals surface area contributed by atoms with E-state index in [-0.39, 0.29) is 28.3 Å². The Morgan fingerprint density at radius 3 is 2.52 bits per heavy atom. The van der Waals surface area contributed by atoms with Crippen LogP contribution in [0.1, 0.15) is 10.4 Å². The lowest BCUT2D eigenvalue weighted by Gasteiger charge is -2.13. The summed E-state index contributed by atoms with van der Waals surface area (Å²) in [5, 5.41) is 14.0. The van der Waals surface area contributed by atoms with E-state index in [9.17, 15) is 19.5 Å². The first kappa shape index (κ1) is 21.0. The van der Waals surface area contributed by atoms with Gasteiger partial charge >= 0.3 is 5.97 Å². The van der Waals surface area contributed by atoms with Crippen molar-refractivity contribution in [3.8, 4) is 11.4 Å². The van der Waals surface area contributed by atoms with Crippen LogP contribution in [-0.2, 0) is 11.3 Å². The van der Waals surface area contributed by atoms with Crippen molar-refractivity contribution in [1.82, 2.24) is 9.55 Å². The van der Waals surface area contributed by atoms with E-state index in [0.717, 1.165) is 11.3 Å². The highest BCUT2D eigenvalue weighted by Gasteiger charge is 2.21. The van der Waals surface area contributed by atoms with Gasteiger partial charge in [-0.05, 0) is 18.2 Å². The number of nitrogens with one attached hydrogen (secondary N) is 1. The molecule has 2 aromatic heterocycles. The molecule has 4 rings (SSSR count). The monoisotopic (exact) mass is 473 g/mol. The third-order valence-electron chi connectivity index (χ3n) is 4.46. The molecule has 10 heteroatoms. The molecule has 0 spiro atoms. The van der Waals surface area contributed by atoms with E-state index in [1.165, 1.54) is 16.0 Å². The van der Waals surface area contributed by atoms with Crippen molar-refractivity contribution in [2.75, 3.05) is 5.32 Å². The van der Waals surface area contributed by atoms with Crippen molar-refractivity contribution >= 4 is 62.3 Å². The molecule has 4 aromatic rings. The lowest BCUT2D eigenvalue weighted by molar-refractivity contribution is -0.116. The van der Waals surface area contributed by atoms with Crippen molar-refractivity contribution < 1.29 is 14.7 Å². The zero-order valence-electron chi connectivity index (χ0n) is 15.6. The van der Waals surface area contributed by atoms with Gasteiger partial charge in [0.05, 0.1) is 21.0 Å². The quantitative estimate of drug-likeness (QED) is 0.434. The number of hydrogen-bond acceptors (Lipinski definition) is 5. The van der Waals surface area contributed by atoms with Crippen LogP contribution in [0.25, 0.3) is 21.6 Å². The summed E-state index contributed by atoms with van der Waals surface area (Å²) in [5.74, 6) is -1.48. The fraction of sp³-hybridized carbons (Fsp3) is 0.0476. The van der Waals surface area contributed by atoms with Gasteiger partial charge in [-0.3, -0.25) is 14.2 Å². The molecule has 2 aromatic carbocycles. The Balaban J connectivity index is 1.80. The average molecular weight is 474 g/mol. The highest BCUT2D eigenvalue weighted by molar-refractivity contribution is 7.17. The second-order valence-electron chi connectivity index (χ2n) is 6.50. The second kappa shape index (κ2) is 8.50. The zero-order chi connectivity index (χ0) is 22.1. The number of anilines is 1. The summed E-state index contributed by atoms with van der Waals surface area (Å²) in [6.07, 6.45) is 0. The fourth-order valence-electron chi connectivity index (χ4n) is 3.05. The number of halogens is 2. The lowest BCUT2D eigenvalue weighted by Crippen LogP contribution is -2.30. The summed E-state index contributed by atoms with van der Waals surface area (Å²) < 4.78 is 1.17. The van der Waals surface area contributed by atoms with Crippen molar-refractivity contribution in [2.45, 2.75) is 6.54 Å². The van der Waals surface area contributed by atoms with Crippen molar-refractivity contribution in [3.63, 3.8) is 0 Å². The molecule has 156 valence electrons. The number of benzene rings is 2.